The van der Waals surface area contributed by atoms with Crippen LogP contribution in [0.5, 0.6) is 0 Å². The van der Waals surface area contributed by atoms with Gasteiger partial charge in [0.2, 0.25) is 5.78 Å². The number of imidazole rings is 2. The summed E-state index contributed by atoms with van der Waals surface area (Å²) in [5.74, 6) is 2.73. The minimum Gasteiger partial charge on any atom is -0.294 e. The second-order valence-electron chi connectivity index (χ2n) is 13.6. The second kappa shape index (κ2) is 12.5. The quantitative estimate of drug-likeness (QED) is 0.173. The standard InChI is InChI=1S/C48H31N7/c1-5-17-32(18-6-1)44-50-45(33-19-7-2-8-20-33)52-46(51-44)38-26-14-13-25-37(38)34-29-30-41-42(31-34)54(36-23-11-4-12-24-36)48-49-43-39-27-15-16-28-40(39)53(47(43)55(41)48)35-21-9-3-10-22-35/h1-31H. The fraction of sp³-hybridized carbons (Fsp3) is 0. The summed E-state index contributed by atoms with van der Waals surface area (Å²) in [5.41, 5.74) is 12.2. The first-order valence-corrected chi connectivity index (χ1v) is 18.3. The van der Waals surface area contributed by atoms with E-state index in [1.54, 1.807) is 0 Å². The van der Waals surface area contributed by atoms with E-state index in [-0.39, 0.29) is 0 Å². The van der Waals surface area contributed by atoms with Crippen LogP contribution in [0.2, 0.25) is 0 Å². The molecule has 0 amide bonds. The SMILES string of the molecule is c1ccc(-c2nc(-c3ccccc3)nc(-c3ccccc3-c3ccc4c(c3)n(-c3ccccc3)c3nc5c6ccccc6n(-c6ccccc6)c5n43)n2)cc1. The Labute approximate surface area is 316 Å². The van der Waals surface area contributed by atoms with Crippen LogP contribution in [0.25, 0.3) is 95.5 Å². The summed E-state index contributed by atoms with van der Waals surface area (Å²) >= 11 is 0. The predicted octanol–water partition coefficient (Wildman–Crippen LogP) is 11.2. The highest BCUT2D eigenvalue weighted by Gasteiger charge is 2.24. The Morgan fingerprint density at radius 2 is 0.873 bits per heavy atom. The summed E-state index contributed by atoms with van der Waals surface area (Å²) in [6.45, 7) is 0. The highest BCUT2D eigenvalue weighted by atomic mass is 15.3. The van der Waals surface area contributed by atoms with Crippen molar-refractivity contribution in [1.29, 1.82) is 0 Å². The first-order chi connectivity index (χ1) is 27.3. The van der Waals surface area contributed by atoms with Crippen LogP contribution >= 0.6 is 0 Å². The largest absolute Gasteiger partial charge is 0.294 e. The van der Waals surface area contributed by atoms with Crippen molar-refractivity contribution in [2.24, 2.45) is 0 Å². The molecular formula is C48H31N7. The number of hydrogen-bond donors (Lipinski definition) is 0. The van der Waals surface area contributed by atoms with Crippen molar-refractivity contribution in [3.8, 4) is 56.7 Å². The van der Waals surface area contributed by atoms with Crippen molar-refractivity contribution >= 4 is 38.9 Å². The molecule has 4 aromatic heterocycles. The van der Waals surface area contributed by atoms with Crippen LogP contribution in [0.15, 0.2) is 188 Å². The summed E-state index contributed by atoms with van der Waals surface area (Å²) < 4.78 is 6.91. The number of benzene rings is 7. The van der Waals surface area contributed by atoms with Crippen LogP contribution in [-0.2, 0) is 0 Å². The average Bonchev–Trinajstić information content (AvgIpc) is 3.90. The van der Waals surface area contributed by atoms with Gasteiger partial charge in [-0.1, -0.05) is 146 Å². The van der Waals surface area contributed by atoms with Crippen molar-refractivity contribution in [3.05, 3.63) is 188 Å². The first-order valence-electron chi connectivity index (χ1n) is 18.3. The number of para-hydroxylation sites is 3. The van der Waals surface area contributed by atoms with Crippen LogP contribution in [0, 0.1) is 0 Å². The van der Waals surface area contributed by atoms with Crippen LogP contribution in [0.4, 0.5) is 0 Å². The normalized spacial score (nSPS) is 11.6. The fourth-order valence-electron chi connectivity index (χ4n) is 7.84. The highest BCUT2D eigenvalue weighted by molar-refractivity contribution is 6.09. The number of nitrogens with zero attached hydrogens (tertiary/aromatic N) is 7. The van der Waals surface area contributed by atoms with E-state index in [1.807, 2.05) is 66.7 Å². The van der Waals surface area contributed by atoms with E-state index in [2.05, 4.69) is 135 Å². The predicted molar refractivity (Wildman–Crippen MR) is 221 cm³/mol. The van der Waals surface area contributed by atoms with Gasteiger partial charge in [0, 0.05) is 33.5 Å². The van der Waals surface area contributed by atoms with Crippen molar-refractivity contribution in [3.63, 3.8) is 0 Å². The molecule has 4 heterocycles. The van der Waals surface area contributed by atoms with E-state index in [0.29, 0.717) is 17.5 Å². The molecule has 7 heteroatoms. The molecule has 11 rings (SSSR count). The monoisotopic (exact) mass is 705 g/mol. The maximum atomic E-state index is 5.43. The van der Waals surface area contributed by atoms with Crippen LogP contribution in [0.1, 0.15) is 0 Å². The molecule has 0 atom stereocenters. The molecule has 0 radical (unpaired) electrons. The van der Waals surface area contributed by atoms with Gasteiger partial charge in [-0.3, -0.25) is 13.5 Å². The summed E-state index contributed by atoms with van der Waals surface area (Å²) in [6, 6.07) is 64.8. The Hall–Kier alpha value is -7.64. The van der Waals surface area contributed by atoms with Gasteiger partial charge in [-0.15, -0.1) is 0 Å². The van der Waals surface area contributed by atoms with E-state index in [1.165, 1.54) is 0 Å². The minimum atomic E-state index is 0.616. The Morgan fingerprint density at radius 1 is 0.345 bits per heavy atom. The summed E-state index contributed by atoms with van der Waals surface area (Å²) in [7, 11) is 0. The molecule has 11 aromatic rings. The molecular weight excluding hydrogens is 675 g/mol. The lowest BCUT2D eigenvalue weighted by Gasteiger charge is -2.13. The molecule has 0 N–H and O–H groups in total. The van der Waals surface area contributed by atoms with Crippen molar-refractivity contribution in [2.45, 2.75) is 0 Å². The van der Waals surface area contributed by atoms with Crippen molar-refractivity contribution in [2.75, 3.05) is 0 Å². The van der Waals surface area contributed by atoms with E-state index < -0.39 is 0 Å². The Bertz CT molecular complexity index is 3120. The third-order valence-corrected chi connectivity index (χ3v) is 10.3. The lowest BCUT2D eigenvalue weighted by atomic mass is 9.98. The zero-order valence-electron chi connectivity index (χ0n) is 29.5. The Morgan fingerprint density at radius 3 is 1.53 bits per heavy atom. The molecule has 0 unspecified atom stereocenters. The first kappa shape index (κ1) is 30.9. The minimum absolute atomic E-state index is 0.616. The lowest BCUT2D eigenvalue weighted by Crippen LogP contribution is -2.01. The molecule has 7 nitrogen and oxygen atoms in total. The molecule has 0 bridgehead atoms. The molecule has 258 valence electrons. The molecule has 0 aliphatic carbocycles. The van der Waals surface area contributed by atoms with Gasteiger partial charge in [0.15, 0.2) is 23.1 Å². The molecule has 0 aliphatic heterocycles. The zero-order chi connectivity index (χ0) is 36.3. The van der Waals surface area contributed by atoms with E-state index >= 15 is 0 Å². The van der Waals surface area contributed by atoms with Gasteiger partial charge in [-0.2, -0.15) is 0 Å². The number of aromatic nitrogens is 7. The van der Waals surface area contributed by atoms with Crippen LogP contribution in [0.3, 0.4) is 0 Å². The van der Waals surface area contributed by atoms with Gasteiger partial charge >= 0.3 is 0 Å². The second-order valence-corrected chi connectivity index (χ2v) is 13.6. The van der Waals surface area contributed by atoms with Crippen LogP contribution in [-0.4, -0.2) is 33.5 Å². The van der Waals surface area contributed by atoms with E-state index in [4.69, 9.17) is 19.9 Å². The number of fused-ring (bicyclic) bond motifs is 7. The Balaban J connectivity index is 1.17. The molecule has 0 saturated heterocycles. The topological polar surface area (TPSA) is 65.8 Å². The fourth-order valence-corrected chi connectivity index (χ4v) is 7.84. The smallest absolute Gasteiger partial charge is 0.221 e. The van der Waals surface area contributed by atoms with Crippen LogP contribution < -0.4 is 0 Å². The molecule has 7 aromatic carbocycles. The highest BCUT2D eigenvalue weighted by Crippen LogP contribution is 2.39. The summed E-state index contributed by atoms with van der Waals surface area (Å²) in [6.07, 6.45) is 0. The Kier molecular flexibility index (Phi) is 7.03. The van der Waals surface area contributed by atoms with Crippen molar-refractivity contribution in [1.82, 2.24) is 33.5 Å². The molecule has 0 aliphatic rings. The van der Waals surface area contributed by atoms with Crippen molar-refractivity contribution < 1.29 is 0 Å². The van der Waals surface area contributed by atoms with Gasteiger partial charge in [0.25, 0.3) is 0 Å². The maximum Gasteiger partial charge on any atom is 0.221 e. The maximum absolute atomic E-state index is 5.43. The molecule has 0 saturated carbocycles. The summed E-state index contributed by atoms with van der Waals surface area (Å²) in [5, 5.41) is 1.12. The lowest BCUT2D eigenvalue weighted by molar-refractivity contribution is 1.07. The van der Waals surface area contributed by atoms with Gasteiger partial charge in [-0.25, -0.2) is 19.9 Å². The average molecular weight is 706 g/mol. The molecule has 55 heavy (non-hydrogen) atoms. The third-order valence-electron chi connectivity index (χ3n) is 10.3. The number of hydrogen-bond acceptors (Lipinski definition) is 4. The van der Waals surface area contributed by atoms with Gasteiger partial charge in [0.1, 0.15) is 5.52 Å². The van der Waals surface area contributed by atoms with E-state index in [0.717, 1.165) is 78.1 Å². The molecule has 0 spiro atoms. The summed E-state index contributed by atoms with van der Waals surface area (Å²) in [4.78, 5) is 20.5. The zero-order valence-corrected chi connectivity index (χ0v) is 29.5. The third kappa shape index (κ3) is 4.98. The molecule has 0 fully saturated rings. The van der Waals surface area contributed by atoms with Gasteiger partial charge in [0.05, 0.1) is 16.6 Å². The van der Waals surface area contributed by atoms with E-state index in [9.17, 15) is 0 Å². The van der Waals surface area contributed by atoms with Gasteiger partial charge < -0.3 is 0 Å². The number of rotatable bonds is 6. The van der Waals surface area contributed by atoms with Gasteiger partial charge in [-0.05, 0) is 53.6 Å².